The highest BCUT2D eigenvalue weighted by molar-refractivity contribution is 7.99. The van der Waals surface area contributed by atoms with Gasteiger partial charge in [-0.15, -0.1) is 11.8 Å². The minimum absolute atomic E-state index is 0.0949. The number of aliphatic hydroxyl groups excluding tert-OH is 1. The molecule has 0 fully saturated rings. The van der Waals surface area contributed by atoms with E-state index in [0.29, 0.717) is 11.6 Å². The summed E-state index contributed by atoms with van der Waals surface area (Å²) >= 11 is 1.49. The summed E-state index contributed by atoms with van der Waals surface area (Å²) in [4.78, 5) is 7.90. The number of rotatable bonds is 5. The van der Waals surface area contributed by atoms with Crippen molar-refractivity contribution in [3.63, 3.8) is 0 Å². The summed E-state index contributed by atoms with van der Waals surface area (Å²) in [7, 11) is 0. The third-order valence-corrected chi connectivity index (χ3v) is 4.14. The Hall–Kier alpha value is -2.11. The van der Waals surface area contributed by atoms with Crippen LogP contribution in [0.15, 0.2) is 59.6 Å². The lowest BCUT2D eigenvalue weighted by atomic mass is 10.2. The van der Waals surface area contributed by atoms with Gasteiger partial charge < -0.3 is 10.1 Å². The first-order valence-corrected chi connectivity index (χ1v) is 7.91. The van der Waals surface area contributed by atoms with Crippen molar-refractivity contribution >= 4 is 11.8 Å². The highest BCUT2D eigenvalue weighted by Gasteiger charge is 2.13. The van der Waals surface area contributed by atoms with Gasteiger partial charge in [0.2, 0.25) is 0 Å². The third kappa shape index (κ3) is 3.21. The maximum absolute atomic E-state index is 13.1. The molecule has 3 nitrogen and oxygen atoms in total. The van der Waals surface area contributed by atoms with Crippen molar-refractivity contribution in [2.45, 2.75) is 5.03 Å². The van der Waals surface area contributed by atoms with E-state index in [-0.39, 0.29) is 12.4 Å². The van der Waals surface area contributed by atoms with Gasteiger partial charge in [0, 0.05) is 16.9 Å². The fraction of sp³-hybridized carbons (Fsp3) is 0.118. The predicted octanol–water partition coefficient (Wildman–Crippen LogP) is 3.97. The van der Waals surface area contributed by atoms with Crippen molar-refractivity contribution in [3.8, 4) is 22.6 Å². The largest absolute Gasteiger partial charge is 0.396 e. The molecule has 0 amide bonds. The molecule has 0 aliphatic rings. The highest BCUT2D eigenvalue weighted by atomic mass is 32.2. The lowest BCUT2D eigenvalue weighted by Crippen LogP contribution is -1.87. The van der Waals surface area contributed by atoms with Crippen LogP contribution in [0.25, 0.3) is 22.6 Å². The maximum atomic E-state index is 13.1. The number of benzene rings is 2. The fourth-order valence-electron chi connectivity index (χ4n) is 2.15. The van der Waals surface area contributed by atoms with Gasteiger partial charge >= 0.3 is 0 Å². The standard InChI is InChI=1S/C17H15FN2OS/c18-14-8-6-13(7-9-14)16-19-15(12-4-2-1-3-5-12)17(20-16)22-11-10-21/h1-9,21H,10-11H2,(H,19,20). The van der Waals surface area contributed by atoms with Gasteiger partial charge in [-0.25, -0.2) is 9.37 Å². The molecule has 0 unspecified atom stereocenters. The summed E-state index contributed by atoms with van der Waals surface area (Å²) in [6.07, 6.45) is 0. The molecular weight excluding hydrogens is 299 g/mol. The monoisotopic (exact) mass is 314 g/mol. The van der Waals surface area contributed by atoms with Gasteiger partial charge in [-0.05, 0) is 24.3 Å². The lowest BCUT2D eigenvalue weighted by Gasteiger charge is -2.01. The topological polar surface area (TPSA) is 48.9 Å². The van der Waals surface area contributed by atoms with E-state index in [2.05, 4.69) is 9.97 Å². The van der Waals surface area contributed by atoms with Crippen molar-refractivity contribution in [1.82, 2.24) is 9.97 Å². The van der Waals surface area contributed by atoms with Crippen LogP contribution in [0.1, 0.15) is 0 Å². The van der Waals surface area contributed by atoms with E-state index in [1.807, 2.05) is 30.3 Å². The molecule has 3 aromatic rings. The number of halogens is 1. The Balaban J connectivity index is 2.02. The highest BCUT2D eigenvalue weighted by Crippen LogP contribution is 2.32. The van der Waals surface area contributed by atoms with Gasteiger partial charge in [-0.2, -0.15) is 0 Å². The molecule has 0 saturated carbocycles. The summed E-state index contributed by atoms with van der Waals surface area (Å²) in [5.41, 5.74) is 2.77. The van der Waals surface area contributed by atoms with Crippen molar-refractivity contribution in [2.24, 2.45) is 0 Å². The number of aliphatic hydroxyl groups is 1. The number of hydrogen-bond acceptors (Lipinski definition) is 3. The Morgan fingerprint density at radius 2 is 1.73 bits per heavy atom. The molecule has 22 heavy (non-hydrogen) atoms. The second-order valence-corrected chi connectivity index (χ2v) is 5.79. The first-order chi connectivity index (χ1) is 10.8. The molecule has 0 aliphatic carbocycles. The Morgan fingerprint density at radius 3 is 2.41 bits per heavy atom. The molecule has 0 atom stereocenters. The van der Waals surface area contributed by atoms with Crippen LogP contribution in [0.3, 0.4) is 0 Å². The van der Waals surface area contributed by atoms with E-state index >= 15 is 0 Å². The lowest BCUT2D eigenvalue weighted by molar-refractivity contribution is 0.322. The number of nitrogens with one attached hydrogen (secondary N) is 1. The van der Waals surface area contributed by atoms with Gasteiger partial charge in [0.25, 0.3) is 0 Å². The average molecular weight is 314 g/mol. The maximum Gasteiger partial charge on any atom is 0.139 e. The molecule has 0 bridgehead atoms. The summed E-state index contributed by atoms with van der Waals surface area (Å²) in [6.45, 7) is 0.0949. The van der Waals surface area contributed by atoms with Crippen molar-refractivity contribution in [1.29, 1.82) is 0 Å². The molecule has 2 N–H and O–H groups in total. The van der Waals surface area contributed by atoms with Gasteiger partial charge in [-0.1, -0.05) is 30.3 Å². The van der Waals surface area contributed by atoms with Gasteiger partial charge in [-0.3, -0.25) is 0 Å². The molecule has 0 spiro atoms. The SMILES string of the molecule is OCCSc1nc(-c2ccc(F)cc2)[nH]c1-c1ccccc1. The van der Waals surface area contributed by atoms with Crippen LogP contribution in [-0.4, -0.2) is 27.4 Å². The van der Waals surface area contributed by atoms with E-state index in [9.17, 15) is 4.39 Å². The van der Waals surface area contributed by atoms with Crippen LogP contribution in [0.2, 0.25) is 0 Å². The zero-order chi connectivity index (χ0) is 15.4. The number of imidazole rings is 1. The minimum Gasteiger partial charge on any atom is -0.396 e. The van der Waals surface area contributed by atoms with Gasteiger partial charge in [0.15, 0.2) is 0 Å². The van der Waals surface area contributed by atoms with Crippen molar-refractivity contribution in [3.05, 3.63) is 60.4 Å². The zero-order valence-corrected chi connectivity index (χ0v) is 12.6. The first kappa shape index (κ1) is 14.8. The minimum atomic E-state index is -0.270. The molecular formula is C17H15FN2OS. The Morgan fingerprint density at radius 1 is 1.00 bits per heavy atom. The number of H-pyrrole nitrogens is 1. The average Bonchev–Trinajstić information content (AvgIpc) is 2.98. The summed E-state index contributed by atoms with van der Waals surface area (Å²) in [5.74, 6) is 1.00. The fourth-order valence-corrected chi connectivity index (χ4v) is 2.90. The number of hydrogen-bond donors (Lipinski definition) is 2. The van der Waals surface area contributed by atoms with Crippen LogP contribution in [0.4, 0.5) is 4.39 Å². The number of thioether (sulfide) groups is 1. The molecule has 1 aromatic heterocycles. The number of aromatic amines is 1. The predicted molar refractivity (Wildman–Crippen MR) is 87.2 cm³/mol. The van der Waals surface area contributed by atoms with Crippen LogP contribution < -0.4 is 0 Å². The second-order valence-electron chi connectivity index (χ2n) is 4.71. The normalized spacial score (nSPS) is 10.8. The molecule has 0 saturated heterocycles. The van der Waals surface area contributed by atoms with E-state index in [0.717, 1.165) is 21.8 Å². The van der Waals surface area contributed by atoms with Crippen LogP contribution in [0.5, 0.6) is 0 Å². The molecule has 1 heterocycles. The van der Waals surface area contributed by atoms with Crippen LogP contribution in [-0.2, 0) is 0 Å². The van der Waals surface area contributed by atoms with Crippen molar-refractivity contribution in [2.75, 3.05) is 12.4 Å². The number of aromatic nitrogens is 2. The molecule has 0 radical (unpaired) electrons. The summed E-state index contributed by atoms with van der Waals surface area (Å²) in [6, 6.07) is 16.1. The molecule has 2 aromatic carbocycles. The zero-order valence-electron chi connectivity index (χ0n) is 11.8. The summed E-state index contributed by atoms with van der Waals surface area (Å²) in [5, 5.41) is 9.88. The Bertz CT molecular complexity index is 741. The van der Waals surface area contributed by atoms with E-state index < -0.39 is 0 Å². The number of nitrogens with zero attached hydrogens (tertiary/aromatic N) is 1. The molecule has 3 rings (SSSR count). The first-order valence-electron chi connectivity index (χ1n) is 6.93. The molecule has 112 valence electrons. The Kier molecular flexibility index (Phi) is 4.56. The molecule has 0 aliphatic heterocycles. The van der Waals surface area contributed by atoms with E-state index in [1.54, 1.807) is 12.1 Å². The van der Waals surface area contributed by atoms with Crippen molar-refractivity contribution < 1.29 is 9.50 Å². The van der Waals surface area contributed by atoms with E-state index in [4.69, 9.17) is 5.11 Å². The summed E-state index contributed by atoms with van der Waals surface area (Å²) < 4.78 is 13.1. The third-order valence-electron chi connectivity index (χ3n) is 3.18. The quantitative estimate of drug-likeness (QED) is 0.701. The van der Waals surface area contributed by atoms with Gasteiger partial charge in [0.1, 0.15) is 16.7 Å². The Labute approximate surface area is 132 Å². The van der Waals surface area contributed by atoms with E-state index in [1.165, 1.54) is 23.9 Å². The van der Waals surface area contributed by atoms with Crippen LogP contribution in [0, 0.1) is 5.82 Å². The second kappa shape index (κ2) is 6.77. The smallest absolute Gasteiger partial charge is 0.139 e. The molecule has 5 heteroatoms. The van der Waals surface area contributed by atoms with Crippen LogP contribution >= 0.6 is 11.8 Å². The van der Waals surface area contributed by atoms with Gasteiger partial charge in [0.05, 0.1) is 12.3 Å².